The SMILES string of the molecule is CCNC(=NCC1CCN(Cc2csc(C)n2)CC1)N(C)CCOc1ccc(F)cc1.I. The van der Waals surface area contributed by atoms with Gasteiger partial charge in [-0.1, -0.05) is 0 Å². The van der Waals surface area contributed by atoms with Crippen molar-refractivity contribution < 1.29 is 9.13 Å². The summed E-state index contributed by atoms with van der Waals surface area (Å²) in [7, 11) is 2.02. The molecular weight excluding hydrogens is 540 g/mol. The number of likely N-dealkylation sites (tertiary alicyclic amines) is 1. The van der Waals surface area contributed by atoms with Crippen LogP contribution in [0.3, 0.4) is 0 Å². The molecule has 1 fully saturated rings. The number of piperidine rings is 1. The molecule has 0 saturated carbocycles. The van der Waals surface area contributed by atoms with Crippen LogP contribution in [0.5, 0.6) is 5.75 Å². The molecule has 6 nitrogen and oxygen atoms in total. The van der Waals surface area contributed by atoms with Crippen LogP contribution in [0.2, 0.25) is 0 Å². The average Bonchev–Trinajstić information content (AvgIpc) is 3.18. The smallest absolute Gasteiger partial charge is 0.193 e. The van der Waals surface area contributed by atoms with Gasteiger partial charge in [-0.2, -0.15) is 0 Å². The second kappa shape index (κ2) is 13.9. The van der Waals surface area contributed by atoms with Crippen molar-refractivity contribution >= 4 is 41.3 Å². The van der Waals surface area contributed by atoms with Crippen LogP contribution in [0.1, 0.15) is 30.5 Å². The van der Waals surface area contributed by atoms with Gasteiger partial charge in [0.1, 0.15) is 18.2 Å². The molecular formula is C23H35FIN5OS. The molecule has 1 N–H and O–H groups in total. The molecule has 0 unspecified atom stereocenters. The fourth-order valence-corrected chi connectivity index (χ4v) is 4.26. The van der Waals surface area contributed by atoms with Crippen molar-refractivity contribution in [3.8, 4) is 5.75 Å². The number of aryl methyl sites for hydroxylation is 1. The van der Waals surface area contributed by atoms with E-state index < -0.39 is 0 Å². The molecule has 2 aromatic rings. The van der Waals surface area contributed by atoms with Crippen LogP contribution in [0.25, 0.3) is 0 Å². The number of likely N-dealkylation sites (N-methyl/N-ethyl adjacent to an activating group) is 1. The minimum absolute atomic E-state index is 0. The summed E-state index contributed by atoms with van der Waals surface area (Å²) in [5.41, 5.74) is 1.19. The first-order valence-corrected chi connectivity index (χ1v) is 11.9. The Morgan fingerprint density at radius 3 is 2.66 bits per heavy atom. The number of benzene rings is 1. The molecule has 1 aliphatic rings. The topological polar surface area (TPSA) is 53.0 Å². The number of ether oxygens (including phenoxy) is 1. The summed E-state index contributed by atoms with van der Waals surface area (Å²) in [5.74, 6) is 1.95. The first kappa shape index (κ1) is 26.8. The lowest BCUT2D eigenvalue weighted by Gasteiger charge is -2.31. The van der Waals surface area contributed by atoms with E-state index in [0.717, 1.165) is 43.7 Å². The minimum Gasteiger partial charge on any atom is -0.492 e. The van der Waals surface area contributed by atoms with Crippen LogP contribution in [-0.2, 0) is 6.54 Å². The quantitative estimate of drug-likeness (QED) is 0.273. The average molecular weight is 576 g/mol. The molecule has 0 atom stereocenters. The van der Waals surface area contributed by atoms with E-state index in [-0.39, 0.29) is 29.8 Å². The third kappa shape index (κ3) is 8.82. The molecule has 1 aromatic heterocycles. The highest BCUT2D eigenvalue weighted by molar-refractivity contribution is 14.0. The Hall–Kier alpha value is -1.46. The predicted molar refractivity (Wildman–Crippen MR) is 141 cm³/mol. The number of nitrogens with one attached hydrogen (secondary N) is 1. The lowest BCUT2D eigenvalue weighted by atomic mass is 9.97. The number of aromatic nitrogens is 1. The van der Waals surface area contributed by atoms with Crippen LogP contribution in [0.15, 0.2) is 34.6 Å². The van der Waals surface area contributed by atoms with E-state index in [2.05, 4.69) is 39.3 Å². The molecule has 0 amide bonds. The Bertz CT molecular complexity index is 824. The van der Waals surface area contributed by atoms with Crippen LogP contribution in [0.4, 0.5) is 4.39 Å². The normalized spacial score (nSPS) is 15.3. The van der Waals surface area contributed by atoms with E-state index in [1.54, 1.807) is 23.5 Å². The monoisotopic (exact) mass is 575 g/mol. The fourth-order valence-electron chi connectivity index (χ4n) is 3.66. The van der Waals surface area contributed by atoms with E-state index in [9.17, 15) is 4.39 Å². The van der Waals surface area contributed by atoms with Gasteiger partial charge < -0.3 is 15.0 Å². The van der Waals surface area contributed by atoms with E-state index in [0.29, 0.717) is 24.8 Å². The van der Waals surface area contributed by atoms with Crippen molar-refractivity contribution in [2.75, 3.05) is 46.4 Å². The Morgan fingerprint density at radius 2 is 2.03 bits per heavy atom. The summed E-state index contributed by atoms with van der Waals surface area (Å²) in [4.78, 5) is 14.1. The van der Waals surface area contributed by atoms with Gasteiger partial charge in [-0.3, -0.25) is 9.89 Å². The van der Waals surface area contributed by atoms with Crippen molar-refractivity contribution in [1.82, 2.24) is 20.1 Å². The van der Waals surface area contributed by atoms with Gasteiger partial charge in [0.15, 0.2) is 5.96 Å². The van der Waals surface area contributed by atoms with Crippen LogP contribution >= 0.6 is 35.3 Å². The van der Waals surface area contributed by atoms with E-state index in [1.807, 2.05) is 7.05 Å². The van der Waals surface area contributed by atoms with E-state index >= 15 is 0 Å². The van der Waals surface area contributed by atoms with Gasteiger partial charge in [0, 0.05) is 32.1 Å². The Labute approximate surface area is 212 Å². The molecule has 178 valence electrons. The third-order valence-corrected chi connectivity index (χ3v) is 6.29. The zero-order valence-electron chi connectivity index (χ0n) is 19.2. The number of thiazole rings is 1. The minimum atomic E-state index is -0.255. The number of aliphatic imine (C=N–C) groups is 1. The summed E-state index contributed by atoms with van der Waals surface area (Å²) in [6, 6.07) is 6.12. The van der Waals surface area contributed by atoms with Crippen LogP contribution < -0.4 is 10.1 Å². The highest BCUT2D eigenvalue weighted by Gasteiger charge is 2.20. The molecule has 0 spiro atoms. The van der Waals surface area contributed by atoms with Crippen molar-refractivity contribution in [3.63, 3.8) is 0 Å². The number of halogens is 2. The fraction of sp³-hybridized carbons (Fsp3) is 0.565. The highest BCUT2D eigenvalue weighted by Crippen LogP contribution is 2.20. The maximum atomic E-state index is 13.0. The molecule has 1 aromatic carbocycles. The molecule has 2 heterocycles. The van der Waals surface area contributed by atoms with Crippen molar-refractivity contribution in [1.29, 1.82) is 0 Å². The molecule has 3 rings (SSSR count). The van der Waals surface area contributed by atoms with Crippen LogP contribution in [0, 0.1) is 18.7 Å². The summed E-state index contributed by atoms with van der Waals surface area (Å²) in [6.07, 6.45) is 2.34. The van der Waals surface area contributed by atoms with Gasteiger partial charge in [0.05, 0.1) is 17.2 Å². The molecule has 0 bridgehead atoms. The summed E-state index contributed by atoms with van der Waals surface area (Å²) < 4.78 is 18.7. The van der Waals surface area contributed by atoms with Crippen molar-refractivity contribution in [2.45, 2.75) is 33.2 Å². The molecule has 32 heavy (non-hydrogen) atoms. The van der Waals surface area contributed by atoms with Gasteiger partial charge in [-0.05, 0) is 70.0 Å². The highest BCUT2D eigenvalue weighted by atomic mass is 127. The second-order valence-corrected chi connectivity index (χ2v) is 9.06. The lowest BCUT2D eigenvalue weighted by Crippen LogP contribution is -2.41. The number of hydrogen-bond acceptors (Lipinski definition) is 5. The van der Waals surface area contributed by atoms with Gasteiger partial charge in [-0.25, -0.2) is 9.37 Å². The predicted octanol–water partition coefficient (Wildman–Crippen LogP) is 4.40. The maximum Gasteiger partial charge on any atom is 0.193 e. The Morgan fingerprint density at radius 1 is 1.31 bits per heavy atom. The second-order valence-electron chi connectivity index (χ2n) is 8.00. The molecule has 9 heteroatoms. The van der Waals surface area contributed by atoms with Gasteiger partial charge in [0.2, 0.25) is 0 Å². The number of hydrogen-bond donors (Lipinski definition) is 1. The zero-order chi connectivity index (χ0) is 22.1. The molecule has 0 aliphatic carbocycles. The van der Waals surface area contributed by atoms with Gasteiger partial charge in [0.25, 0.3) is 0 Å². The Balaban J connectivity index is 0.00000363. The van der Waals surface area contributed by atoms with E-state index in [4.69, 9.17) is 9.73 Å². The standard InChI is InChI=1S/C23H34FN5OS.HI/c1-4-25-23(28(3)13-14-30-22-7-5-20(24)6-8-22)26-15-19-9-11-29(12-10-19)16-21-17-31-18(2)27-21;/h5-8,17,19H,4,9-16H2,1-3H3,(H,25,26);1H. The van der Waals surface area contributed by atoms with Gasteiger partial charge >= 0.3 is 0 Å². The van der Waals surface area contributed by atoms with Gasteiger partial charge in [-0.15, -0.1) is 35.3 Å². The summed E-state index contributed by atoms with van der Waals surface area (Å²) in [6.45, 7) is 10.2. The largest absolute Gasteiger partial charge is 0.492 e. The van der Waals surface area contributed by atoms with Crippen LogP contribution in [-0.4, -0.2) is 67.1 Å². The lowest BCUT2D eigenvalue weighted by molar-refractivity contribution is 0.179. The van der Waals surface area contributed by atoms with Crippen molar-refractivity contribution in [3.05, 3.63) is 46.2 Å². The summed E-state index contributed by atoms with van der Waals surface area (Å²) in [5, 5.41) is 6.69. The van der Waals surface area contributed by atoms with E-state index in [1.165, 1.54) is 30.7 Å². The first-order valence-electron chi connectivity index (χ1n) is 11.0. The zero-order valence-corrected chi connectivity index (χ0v) is 22.4. The summed E-state index contributed by atoms with van der Waals surface area (Å²) >= 11 is 1.73. The van der Waals surface area contributed by atoms with Crippen molar-refractivity contribution in [2.24, 2.45) is 10.9 Å². The molecule has 1 aliphatic heterocycles. The maximum absolute atomic E-state index is 13.0. The molecule has 0 radical (unpaired) electrons. The number of nitrogens with zero attached hydrogens (tertiary/aromatic N) is 4. The number of guanidine groups is 1. The first-order chi connectivity index (χ1) is 15.0. The Kier molecular flexibility index (Phi) is 11.7. The third-order valence-electron chi connectivity index (χ3n) is 5.46. The molecule has 1 saturated heterocycles. The number of rotatable bonds is 9.